The summed E-state index contributed by atoms with van der Waals surface area (Å²) in [5, 5.41) is 3.05. The van der Waals surface area contributed by atoms with Gasteiger partial charge in [-0.1, -0.05) is 24.3 Å². The topological polar surface area (TPSA) is 70.9 Å². The fourth-order valence-corrected chi connectivity index (χ4v) is 5.49. The van der Waals surface area contributed by atoms with Crippen LogP contribution in [0.4, 0.5) is 5.69 Å². The van der Waals surface area contributed by atoms with Gasteiger partial charge in [0.15, 0.2) is 0 Å². The SMILES string of the molecule is CS(=O)(=O)N1CCc2cc(C(=O)NCc3ccccc3C[NH+]3CCCCC3)ccc21. The molecule has 2 aromatic carbocycles. The Kier molecular flexibility index (Phi) is 6.11. The van der Waals surface area contributed by atoms with Crippen LogP contribution in [0.3, 0.4) is 0 Å². The number of nitrogens with one attached hydrogen (secondary N) is 2. The van der Waals surface area contributed by atoms with Crippen molar-refractivity contribution >= 4 is 21.6 Å². The van der Waals surface area contributed by atoms with Gasteiger partial charge in [0.2, 0.25) is 10.0 Å². The number of sulfonamides is 1. The molecule has 30 heavy (non-hydrogen) atoms. The Morgan fingerprint density at radius 3 is 2.53 bits per heavy atom. The third-order valence-corrected chi connectivity index (χ3v) is 7.33. The molecule has 0 radical (unpaired) electrons. The van der Waals surface area contributed by atoms with E-state index in [9.17, 15) is 13.2 Å². The molecule has 2 N–H and O–H groups in total. The molecule has 2 aromatic rings. The number of likely N-dealkylation sites (tertiary alicyclic amines) is 1. The predicted molar refractivity (Wildman–Crippen MR) is 118 cm³/mol. The zero-order valence-electron chi connectivity index (χ0n) is 17.5. The molecule has 4 rings (SSSR count). The first kappa shape index (κ1) is 20.9. The van der Waals surface area contributed by atoms with Gasteiger partial charge in [-0.05, 0) is 55.0 Å². The Morgan fingerprint density at radius 1 is 1.07 bits per heavy atom. The van der Waals surface area contributed by atoms with Crippen molar-refractivity contribution < 1.29 is 18.1 Å². The molecule has 0 unspecified atom stereocenters. The number of hydrogen-bond acceptors (Lipinski definition) is 3. The molecule has 0 atom stereocenters. The number of carbonyl (C=O) groups excluding carboxylic acids is 1. The van der Waals surface area contributed by atoms with E-state index in [1.54, 1.807) is 17.0 Å². The maximum Gasteiger partial charge on any atom is 0.251 e. The van der Waals surface area contributed by atoms with Crippen molar-refractivity contribution in [3.8, 4) is 0 Å². The second-order valence-corrected chi connectivity index (χ2v) is 10.3. The summed E-state index contributed by atoms with van der Waals surface area (Å²) < 4.78 is 25.2. The molecule has 0 aliphatic carbocycles. The third-order valence-electron chi connectivity index (χ3n) is 6.15. The lowest BCUT2D eigenvalue weighted by atomic mass is 10.0. The molecular weight excluding hydrogens is 398 g/mol. The first-order chi connectivity index (χ1) is 14.4. The van der Waals surface area contributed by atoms with E-state index >= 15 is 0 Å². The Morgan fingerprint density at radius 2 is 1.80 bits per heavy atom. The molecule has 0 spiro atoms. The summed E-state index contributed by atoms with van der Waals surface area (Å²) in [6.07, 6.45) is 5.77. The summed E-state index contributed by atoms with van der Waals surface area (Å²) in [5.74, 6) is -0.129. The first-order valence-electron chi connectivity index (χ1n) is 10.7. The molecular formula is C23H30N3O3S+. The maximum absolute atomic E-state index is 12.7. The van der Waals surface area contributed by atoms with E-state index in [1.807, 2.05) is 12.1 Å². The second-order valence-electron chi connectivity index (χ2n) is 8.37. The van der Waals surface area contributed by atoms with Gasteiger partial charge in [-0.25, -0.2) is 8.42 Å². The molecule has 1 saturated heterocycles. The summed E-state index contributed by atoms with van der Waals surface area (Å²) >= 11 is 0. The summed E-state index contributed by atoms with van der Waals surface area (Å²) in [7, 11) is -3.28. The molecule has 1 fully saturated rings. The van der Waals surface area contributed by atoms with Gasteiger partial charge in [0.05, 0.1) is 25.0 Å². The summed E-state index contributed by atoms with van der Waals surface area (Å²) in [6, 6.07) is 13.6. The van der Waals surface area contributed by atoms with Crippen LogP contribution in [0.1, 0.15) is 46.3 Å². The van der Waals surface area contributed by atoms with E-state index in [-0.39, 0.29) is 5.91 Å². The highest BCUT2D eigenvalue weighted by molar-refractivity contribution is 7.92. The lowest BCUT2D eigenvalue weighted by Crippen LogP contribution is -3.11. The van der Waals surface area contributed by atoms with Crippen LogP contribution in [0.5, 0.6) is 0 Å². The molecule has 6 nitrogen and oxygen atoms in total. The van der Waals surface area contributed by atoms with Crippen molar-refractivity contribution in [2.75, 3.05) is 30.2 Å². The van der Waals surface area contributed by atoms with Gasteiger partial charge in [-0.15, -0.1) is 0 Å². The maximum atomic E-state index is 12.7. The quantitative estimate of drug-likeness (QED) is 0.733. The minimum Gasteiger partial charge on any atom is -0.348 e. The van der Waals surface area contributed by atoms with E-state index in [0.717, 1.165) is 17.7 Å². The first-order valence-corrected chi connectivity index (χ1v) is 12.6. The zero-order chi connectivity index (χ0) is 21.1. The van der Waals surface area contributed by atoms with E-state index in [2.05, 4.69) is 23.5 Å². The average Bonchev–Trinajstić information content (AvgIpc) is 3.17. The monoisotopic (exact) mass is 428 g/mol. The van der Waals surface area contributed by atoms with Crippen LogP contribution in [0, 0.1) is 0 Å². The van der Waals surface area contributed by atoms with Crippen LogP contribution < -0.4 is 14.5 Å². The molecule has 2 aliphatic rings. The molecule has 0 bridgehead atoms. The lowest BCUT2D eigenvalue weighted by molar-refractivity contribution is -0.918. The summed E-state index contributed by atoms with van der Waals surface area (Å²) in [5.41, 5.74) is 4.62. The summed E-state index contributed by atoms with van der Waals surface area (Å²) in [4.78, 5) is 14.4. The zero-order valence-corrected chi connectivity index (χ0v) is 18.3. The van der Waals surface area contributed by atoms with Crippen molar-refractivity contribution in [2.45, 2.75) is 38.8 Å². The number of rotatable bonds is 6. The van der Waals surface area contributed by atoms with Gasteiger partial charge >= 0.3 is 0 Å². The molecule has 2 aliphatic heterocycles. The summed E-state index contributed by atoms with van der Waals surface area (Å²) in [6.45, 7) is 4.38. The van der Waals surface area contributed by atoms with Crippen molar-refractivity contribution in [2.24, 2.45) is 0 Å². The van der Waals surface area contributed by atoms with Crippen molar-refractivity contribution in [3.05, 3.63) is 64.7 Å². The molecule has 7 heteroatoms. The highest BCUT2D eigenvalue weighted by Gasteiger charge is 2.26. The van der Waals surface area contributed by atoms with Crippen LogP contribution in [-0.4, -0.2) is 40.2 Å². The van der Waals surface area contributed by atoms with Crippen LogP contribution in [-0.2, 0) is 29.5 Å². The Bertz CT molecular complexity index is 1030. The smallest absolute Gasteiger partial charge is 0.251 e. The molecule has 1 amide bonds. The predicted octanol–water partition coefficient (Wildman–Crippen LogP) is 1.51. The molecule has 2 heterocycles. The standard InChI is InChI=1S/C23H29N3O3S/c1-30(28,29)26-14-11-18-15-19(9-10-22(18)26)23(27)24-16-20-7-3-4-8-21(20)17-25-12-5-2-6-13-25/h3-4,7-10,15H,2,5-6,11-14,16-17H2,1H3,(H,24,27)/p+1. The van der Waals surface area contributed by atoms with Crippen molar-refractivity contribution in [3.63, 3.8) is 0 Å². The van der Waals surface area contributed by atoms with Crippen LogP contribution in [0.15, 0.2) is 42.5 Å². The number of anilines is 1. The highest BCUT2D eigenvalue weighted by Crippen LogP contribution is 2.30. The van der Waals surface area contributed by atoms with Gasteiger partial charge in [-0.3, -0.25) is 9.10 Å². The third kappa shape index (κ3) is 4.68. The Labute approximate surface area is 178 Å². The van der Waals surface area contributed by atoms with Crippen molar-refractivity contribution in [1.82, 2.24) is 5.32 Å². The molecule has 160 valence electrons. The number of nitrogens with zero attached hydrogens (tertiary/aromatic N) is 1. The Hall–Kier alpha value is -2.38. The number of piperidine rings is 1. The average molecular weight is 429 g/mol. The second kappa shape index (κ2) is 8.78. The van der Waals surface area contributed by atoms with Crippen molar-refractivity contribution in [1.29, 1.82) is 0 Å². The molecule has 0 aromatic heterocycles. The van der Waals surface area contributed by atoms with E-state index in [1.165, 1.54) is 48.5 Å². The van der Waals surface area contributed by atoms with Gasteiger partial charge in [0, 0.05) is 24.2 Å². The number of amides is 1. The van der Waals surface area contributed by atoms with Crippen LogP contribution in [0.2, 0.25) is 0 Å². The van der Waals surface area contributed by atoms with Gasteiger partial charge in [0.1, 0.15) is 6.54 Å². The van der Waals surface area contributed by atoms with E-state index in [0.29, 0.717) is 30.8 Å². The Balaban J connectivity index is 1.42. The van der Waals surface area contributed by atoms with Gasteiger partial charge in [0.25, 0.3) is 5.91 Å². The fraction of sp³-hybridized carbons (Fsp3) is 0.435. The fourth-order valence-electron chi connectivity index (χ4n) is 4.54. The number of hydrogen-bond donors (Lipinski definition) is 2. The normalized spacial score (nSPS) is 17.0. The highest BCUT2D eigenvalue weighted by atomic mass is 32.2. The molecule has 0 saturated carbocycles. The van der Waals surface area contributed by atoms with Gasteiger partial charge < -0.3 is 10.2 Å². The van der Waals surface area contributed by atoms with Crippen LogP contribution >= 0.6 is 0 Å². The number of carbonyl (C=O) groups is 1. The minimum atomic E-state index is -3.28. The number of quaternary nitrogens is 1. The van der Waals surface area contributed by atoms with E-state index in [4.69, 9.17) is 0 Å². The van der Waals surface area contributed by atoms with Gasteiger partial charge in [-0.2, -0.15) is 0 Å². The largest absolute Gasteiger partial charge is 0.348 e. The van der Waals surface area contributed by atoms with E-state index < -0.39 is 10.0 Å². The number of benzene rings is 2. The minimum absolute atomic E-state index is 0.129. The van der Waals surface area contributed by atoms with Crippen LogP contribution in [0.25, 0.3) is 0 Å². The lowest BCUT2D eigenvalue weighted by Gasteiger charge is -2.24. The number of fused-ring (bicyclic) bond motifs is 1.